The molecule has 1 heterocycles. The van der Waals surface area contributed by atoms with Gasteiger partial charge in [-0.25, -0.2) is 4.57 Å². The Kier molecular flexibility index (Phi) is 24.1. The van der Waals surface area contributed by atoms with Crippen LogP contribution in [-0.2, 0) is 34.2 Å². The second-order valence-corrected chi connectivity index (χ2v) is 17.7. The van der Waals surface area contributed by atoms with Gasteiger partial charge in [0.2, 0.25) is 0 Å². The van der Waals surface area contributed by atoms with Crippen molar-refractivity contribution < 1.29 is 52.4 Å². The number of benzene rings is 1. The lowest BCUT2D eigenvalue weighted by Crippen LogP contribution is -2.37. The summed E-state index contributed by atoms with van der Waals surface area (Å²) in [5.41, 5.74) is 4.58. The molecule has 2 unspecified atom stereocenters. The first-order chi connectivity index (χ1) is 25.7. The minimum atomic E-state index is -4.25. The lowest BCUT2D eigenvalue weighted by atomic mass is 9.83. The van der Waals surface area contributed by atoms with Crippen LogP contribution < -0.4 is 9.47 Å². The minimum Gasteiger partial charge on any atom is -0.491 e. The smallest absolute Gasteiger partial charge is 0.472 e. The predicted molar refractivity (Wildman–Crippen MR) is 215 cm³/mol. The predicted octanol–water partition coefficient (Wildman–Crippen LogP) is 8.83. The Morgan fingerprint density at radius 3 is 1.94 bits per heavy atom. The van der Waals surface area contributed by atoms with Crippen molar-refractivity contribution in [2.45, 2.75) is 151 Å². The third-order valence-corrected chi connectivity index (χ3v) is 11.6. The summed E-state index contributed by atoms with van der Waals surface area (Å²) >= 11 is 0. The number of rotatable bonds is 32. The second-order valence-electron chi connectivity index (χ2n) is 16.3. The lowest BCUT2D eigenvalue weighted by Gasteiger charge is -2.38. The van der Waals surface area contributed by atoms with E-state index >= 15 is 0 Å². The largest absolute Gasteiger partial charge is 0.491 e. The van der Waals surface area contributed by atoms with E-state index in [1.165, 1.54) is 56.9 Å². The average Bonchev–Trinajstić information content (AvgIpc) is 3.11. The number of phosphoric acid groups is 1. The number of hydrogen-bond donors (Lipinski definition) is 3. The number of fused-ring (bicyclic) bond motifs is 1. The Morgan fingerprint density at radius 2 is 1.31 bits per heavy atom. The van der Waals surface area contributed by atoms with Gasteiger partial charge in [-0.2, -0.15) is 0 Å². The highest BCUT2D eigenvalue weighted by Crippen LogP contribution is 2.45. The van der Waals surface area contributed by atoms with Crippen LogP contribution in [0.5, 0.6) is 11.5 Å². The Hall–Kier alpha value is -1.27. The Labute approximate surface area is 327 Å². The molecule has 11 nitrogen and oxygen atoms in total. The molecule has 0 amide bonds. The van der Waals surface area contributed by atoms with Gasteiger partial charge in [0, 0.05) is 12.2 Å². The van der Waals surface area contributed by atoms with Crippen LogP contribution in [0.15, 0.2) is 0 Å². The van der Waals surface area contributed by atoms with Gasteiger partial charge >= 0.3 is 7.82 Å². The van der Waals surface area contributed by atoms with Crippen LogP contribution in [-0.4, -0.2) is 92.9 Å². The van der Waals surface area contributed by atoms with E-state index in [4.69, 9.17) is 37.8 Å². The molecular formula is C42H77O11P. The number of ether oxygens (including phenoxy) is 5. The van der Waals surface area contributed by atoms with Crippen LogP contribution in [0.3, 0.4) is 0 Å². The quantitative estimate of drug-likeness (QED) is 0.0476. The molecule has 1 aliphatic heterocycles. The first-order valence-corrected chi connectivity index (χ1v) is 22.3. The molecule has 5 atom stereocenters. The molecule has 0 fully saturated rings. The number of hydrogen-bond acceptors (Lipinski definition) is 10. The summed E-state index contributed by atoms with van der Waals surface area (Å²) in [5, 5.41) is 18.6. The molecule has 1 aromatic carbocycles. The highest BCUT2D eigenvalue weighted by molar-refractivity contribution is 7.47. The monoisotopic (exact) mass is 789 g/mol. The second kappa shape index (κ2) is 26.6. The van der Waals surface area contributed by atoms with E-state index < -0.39 is 20.5 Å². The van der Waals surface area contributed by atoms with Crippen molar-refractivity contribution in [2.24, 2.45) is 17.8 Å². The summed E-state index contributed by atoms with van der Waals surface area (Å²) in [4.78, 5) is 9.59. The van der Waals surface area contributed by atoms with Gasteiger partial charge < -0.3 is 38.8 Å². The third-order valence-electron chi connectivity index (χ3n) is 10.6. The minimum absolute atomic E-state index is 0.0171. The molecule has 12 heteroatoms. The maximum atomic E-state index is 11.8. The number of phosphoric ester groups is 1. The van der Waals surface area contributed by atoms with E-state index in [2.05, 4.69) is 55.4 Å². The van der Waals surface area contributed by atoms with Crippen molar-refractivity contribution >= 4 is 7.82 Å². The average molecular weight is 789 g/mol. The van der Waals surface area contributed by atoms with Crippen LogP contribution >= 0.6 is 7.82 Å². The van der Waals surface area contributed by atoms with Gasteiger partial charge in [0.05, 0.1) is 52.9 Å². The van der Waals surface area contributed by atoms with E-state index in [-0.39, 0.29) is 32.0 Å². The lowest BCUT2D eigenvalue weighted by molar-refractivity contribution is -0.0249. The van der Waals surface area contributed by atoms with Crippen molar-refractivity contribution in [3.63, 3.8) is 0 Å². The Bertz CT molecular complexity index is 1210. The van der Waals surface area contributed by atoms with E-state index in [0.717, 1.165) is 65.2 Å². The van der Waals surface area contributed by atoms with Crippen LogP contribution in [0, 0.1) is 38.5 Å². The zero-order valence-corrected chi connectivity index (χ0v) is 36.0. The third kappa shape index (κ3) is 19.7. The zero-order chi connectivity index (χ0) is 40.0. The first-order valence-electron chi connectivity index (χ1n) is 20.8. The molecule has 1 aromatic rings. The van der Waals surface area contributed by atoms with E-state index in [1.54, 1.807) is 0 Å². The Morgan fingerprint density at radius 1 is 0.722 bits per heavy atom. The molecule has 0 aromatic heterocycles. The van der Waals surface area contributed by atoms with Gasteiger partial charge in [0.1, 0.15) is 29.8 Å². The first kappa shape index (κ1) is 48.9. The molecule has 316 valence electrons. The zero-order valence-electron chi connectivity index (χ0n) is 35.1. The normalized spacial score (nSPS) is 18.6. The highest BCUT2D eigenvalue weighted by Gasteiger charge is 2.34. The standard InChI is InChI=1S/C42H77O11P/c1-32(2)14-11-15-33(3)16-12-17-34(4)18-13-20-42(8)21-19-39-37(7)40(35(5)36(6)41(39)53-42)50-29-28-48-25-24-47-26-27-49-30-38(44)31-52-54(45,46)51-23-10-9-22-43/h32-34,38,43-44H,9-31H2,1-8H3,(H,45,46)/t33-,34-,38?,42-/m1/s1. The molecule has 0 spiro atoms. The summed E-state index contributed by atoms with van der Waals surface area (Å²) < 4.78 is 51.0. The fourth-order valence-electron chi connectivity index (χ4n) is 7.00. The molecular weight excluding hydrogens is 711 g/mol. The van der Waals surface area contributed by atoms with Crippen molar-refractivity contribution in [3.8, 4) is 11.5 Å². The maximum absolute atomic E-state index is 11.8. The fraction of sp³-hybridized carbons (Fsp3) is 0.857. The van der Waals surface area contributed by atoms with Gasteiger partial charge in [0.25, 0.3) is 0 Å². The molecule has 0 aliphatic carbocycles. The summed E-state index contributed by atoms with van der Waals surface area (Å²) in [6.07, 6.45) is 13.5. The summed E-state index contributed by atoms with van der Waals surface area (Å²) in [6, 6.07) is 0. The van der Waals surface area contributed by atoms with Gasteiger partial charge in [-0.15, -0.1) is 0 Å². The molecule has 3 N–H and O–H groups in total. The van der Waals surface area contributed by atoms with Gasteiger partial charge in [-0.1, -0.05) is 72.6 Å². The van der Waals surface area contributed by atoms with E-state index in [1.807, 2.05) is 0 Å². The Balaban J connectivity index is 1.61. The van der Waals surface area contributed by atoms with E-state index in [9.17, 15) is 14.6 Å². The maximum Gasteiger partial charge on any atom is 0.472 e. The molecule has 0 saturated heterocycles. The molecule has 54 heavy (non-hydrogen) atoms. The number of unbranched alkanes of at least 4 members (excludes halogenated alkanes) is 1. The number of aliphatic hydroxyl groups is 2. The summed E-state index contributed by atoms with van der Waals surface area (Å²) in [5.74, 6) is 4.42. The number of aliphatic hydroxyl groups excluding tert-OH is 2. The molecule has 0 bridgehead atoms. The van der Waals surface area contributed by atoms with Crippen LogP contribution in [0.25, 0.3) is 0 Å². The van der Waals surface area contributed by atoms with Crippen LogP contribution in [0.1, 0.15) is 134 Å². The molecule has 2 rings (SSSR count). The molecule has 0 radical (unpaired) electrons. The van der Waals surface area contributed by atoms with Crippen molar-refractivity contribution in [1.29, 1.82) is 0 Å². The van der Waals surface area contributed by atoms with Crippen LogP contribution in [0.2, 0.25) is 0 Å². The molecule has 0 saturated carbocycles. The van der Waals surface area contributed by atoms with E-state index in [0.29, 0.717) is 45.9 Å². The fourth-order valence-corrected chi connectivity index (χ4v) is 7.79. The van der Waals surface area contributed by atoms with Crippen molar-refractivity contribution in [2.75, 3.05) is 66.1 Å². The SMILES string of the molecule is Cc1c(C)c2c(c(C)c1OCCOCCOCCOCC(O)COP(=O)(O)OCCCCO)CC[C@@](C)(CCC[C@H](C)CCC[C@H](C)CCCC(C)C)O2. The van der Waals surface area contributed by atoms with Gasteiger partial charge in [-0.05, 0) is 101 Å². The van der Waals surface area contributed by atoms with Crippen molar-refractivity contribution in [1.82, 2.24) is 0 Å². The van der Waals surface area contributed by atoms with Gasteiger partial charge in [-0.3, -0.25) is 9.05 Å². The summed E-state index contributed by atoms with van der Waals surface area (Å²) in [7, 11) is -4.25. The topological polar surface area (TPSA) is 142 Å². The van der Waals surface area contributed by atoms with Gasteiger partial charge in [0.15, 0.2) is 0 Å². The summed E-state index contributed by atoms with van der Waals surface area (Å²) in [6.45, 7) is 19.9. The van der Waals surface area contributed by atoms with Crippen LogP contribution in [0.4, 0.5) is 0 Å². The highest BCUT2D eigenvalue weighted by atomic mass is 31.2. The van der Waals surface area contributed by atoms with Crippen molar-refractivity contribution in [3.05, 3.63) is 22.3 Å². The molecule has 1 aliphatic rings.